The fraction of sp³-hybridized carbons (Fsp3) is 0. The van der Waals surface area contributed by atoms with Gasteiger partial charge in [-0.2, -0.15) is 0 Å². The number of nitrogens with zero attached hydrogens (tertiary/aromatic N) is 2. The monoisotopic (exact) mass is 270 g/mol. The quantitative estimate of drug-likeness (QED) is 0.606. The smallest absolute Gasteiger partial charge is 0.290 e. The first-order chi connectivity index (χ1) is 9.49. The van der Waals surface area contributed by atoms with Gasteiger partial charge >= 0.3 is 11.4 Å². The van der Waals surface area contributed by atoms with Crippen molar-refractivity contribution < 1.29 is 14.6 Å². The molecule has 0 heterocycles. The van der Waals surface area contributed by atoms with E-state index in [9.17, 15) is 25.0 Å². The number of rotatable bonds is 2. The van der Waals surface area contributed by atoms with Gasteiger partial charge in [-0.3, -0.25) is 25.0 Å². The molecule has 3 rings (SSSR count). The molecule has 2 aliphatic carbocycles. The highest BCUT2D eigenvalue weighted by Crippen LogP contribution is 2.45. The minimum atomic E-state index is -0.783. The van der Waals surface area contributed by atoms with E-state index in [2.05, 4.69) is 0 Å². The third kappa shape index (κ3) is 1.57. The Labute approximate surface area is 111 Å². The van der Waals surface area contributed by atoms with Crippen LogP contribution in [-0.2, 0) is 4.79 Å². The van der Waals surface area contributed by atoms with E-state index < -0.39 is 21.2 Å². The van der Waals surface area contributed by atoms with Gasteiger partial charge < -0.3 is 0 Å². The summed E-state index contributed by atoms with van der Waals surface area (Å²) in [5, 5.41) is 22.0. The third-order valence-electron chi connectivity index (χ3n) is 3.19. The highest BCUT2D eigenvalue weighted by molar-refractivity contribution is 6.14. The van der Waals surface area contributed by atoms with E-state index in [0.29, 0.717) is 16.7 Å². The third-order valence-corrected chi connectivity index (χ3v) is 3.19. The molecule has 0 N–H and O–H groups in total. The van der Waals surface area contributed by atoms with Crippen molar-refractivity contribution in [3.63, 3.8) is 0 Å². The van der Waals surface area contributed by atoms with Crippen LogP contribution in [0.5, 0.6) is 0 Å². The average molecular weight is 270 g/mol. The summed E-state index contributed by atoms with van der Waals surface area (Å²) >= 11 is 0. The van der Waals surface area contributed by atoms with Crippen LogP contribution in [0.15, 0.2) is 35.9 Å². The topological polar surface area (TPSA) is 103 Å². The molecule has 1 aromatic rings. The molecule has 7 heteroatoms. The molecular formula is C13H6N2O5. The van der Waals surface area contributed by atoms with Gasteiger partial charge in [-0.1, -0.05) is 6.08 Å². The highest BCUT2D eigenvalue weighted by atomic mass is 16.6. The molecule has 0 amide bonds. The number of nitro benzene ring substituents is 2. The predicted molar refractivity (Wildman–Crippen MR) is 69.9 cm³/mol. The summed E-state index contributed by atoms with van der Waals surface area (Å²) in [6, 6.07) is 2.53. The van der Waals surface area contributed by atoms with Crippen LogP contribution in [0.2, 0.25) is 0 Å². The average Bonchev–Trinajstić information content (AvgIpc) is 2.75. The van der Waals surface area contributed by atoms with Crippen molar-refractivity contribution in [3.8, 4) is 0 Å². The Morgan fingerprint density at radius 3 is 2.35 bits per heavy atom. The molecule has 0 spiro atoms. The van der Waals surface area contributed by atoms with Crippen LogP contribution in [0.25, 0.3) is 11.6 Å². The maximum absolute atomic E-state index is 11.4. The zero-order valence-electron chi connectivity index (χ0n) is 9.90. The van der Waals surface area contributed by atoms with Crippen LogP contribution in [0.1, 0.15) is 11.1 Å². The number of fused-ring (bicyclic) bond motifs is 3. The second kappa shape index (κ2) is 3.95. The Kier molecular flexibility index (Phi) is 2.37. The van der Waals surface area contributed by atoms with E-state index in [1.54, 1.807) is 6.08 Å². The van der Waals surface area contributed by atoms with Crippen LogP contribution in [-0.4, -0.2) is 15.6 Å². The first-order valence-electron chi connectivity index (χ1n) is 5.61. The summed E-state index contributed by atoms with van der Waals surface area (Å²) in [6.07, 6.45) is 5.76. The minimum absolute atomic E-state index is 0.171. The minimum Gasteiger partial charge on any atom is -0.290 e. The van der Waals surface area contributed by atoms with Gasteiger partial charge in [0.05, 0.1) is 15.4 Å². The van der Waals surface area contributed by atoms with Crippen molar-refractivity contribution >= 4 is 28.8 Å². The Hall–Kier alpha value is -3.09. The van der Waals surface area contributed by atoms with Crippen molar-refractivity contribution in [2.75, 3.05) is 0 Å². The first kappa shape index (κ1) is 12.0. The van der Waals surface area contributed by atoms with E-state index in [-0.39, 0.29) is 11.3 Å². The lowest BCUT2D eigenvalue weighted by Crippen LogP contribution is -2.00. The number of carbonyl (C=O) groups is 1. The molecule has 0 bridgehead atoms. The molecule has 0 atom stereocenters. The van der Waals surface area contributed by atoms with Gasteiger partial charge in [0, 0.05) is 6.07 Å². The lowest BCUT2D eigenvalue weighted by Gasteiger charge is -2.06. The standard InChI is InChI=1S/C13H6N2O5/c16-8-2-1-7-5-11-9(10(7)6-8)3-4-12(14(17)18)13(11)15(19)20/h1-6H. The lowest BCUT2D eigenvalue weighted by atomic mass is 9.97. The molecule has 0 aliphatic heterocycles. The summed E-state index contributed by atoms with van der Waals surface area (Å²) in [6.45, 7) is 0. The van der Waals surface area contributed by atoms with Crippen molar-refractivity contribution in [2.45, 2.75) is 0 Å². The summed E-state index contributed by atoms with van der Waals surface area (Å²) < 4.78 is 0. The van der Waals surface area contributed by atoms with Crippen molar-refractivity contribution in [1.82, 2.24) is 0 Å². The first-order valence-corrected chi connectivity index (χ1v) is 5.61. The number of carbonyl (C=O) groups excluding carboxylic acids is 1. The second-order valence-corrected chi connectivity index (χ2v) is 4.30. The number of ketones is 1. The van der Waals surface area contributed by atoms with Crippen LogP contribution < -0.4 is 0 Å². The fourth-order valence-electron chi connectivity index (χ4n) is 2.37. The molecule has 0 saturated heterocycles. The fourth-order valence-corrected chi connectivity index (χ4v) is 2.37. The number of benzene rings is 1. The normalized spacial score (nSPS) is 15.3. The van der Waals surface area contributed by atoms with Gasteiger partial charge in [0.25, 0.3) is 0 Å². The van der Waals surface area contributed by atoms with E-state index in [0.717, 1.165) is 6.07 Å². The molecule has 0 aromatic heterocycles. The zero-order valence-corrected chi connectivity index (χ0v) is 9.90. The van der Waals surface area contributed by atoms with Crippen LogP contribution in [0, 0.1) is 20.2 Å². The Bertz CT molecular complexity index is 786. The van der Waals surface area contributed by atoms with E-state index in [1.165, 1.54) is 24.3 Å². The molecule has 98 valence electrons. The Morgan fingerprint density at radius 2 is 1.70 bits per heavy atom. The van der Waals surface area contributed by atoms with Crippen molar-refractivity contribution in [1.29, 1.82) is 0 Å². The SMILES string of the molecule is O=C1C=CC2=Cc3c(ccc([N+](=O)[O-])c3[N+](=O)[O-])C2=C1. The molecule has 0 saturated carbocycles. The van der Waals surface area contributed by atoms with E-state index >= 15 is 0 Å². The van der Waals surface area contributed by atoms with Gasteiger partial charge in [-0.25, -0.2) is 0 Å². The summed E-state index contributed by atoms with van der Waals surface area (Å²) in [5.41, 5.74) is 0.741. The second-order valence-electron chi connectivity index (χ2n) is 4.30. The summed E-state index contributed by atoms with van der Waals surface area (Å²) in [4.78, 5) is 31.8. The molecule has 7 nitrogen and oxygen atoms in total. The van der Waals surface area contributed by atoms with Gasteiger partial charge in [0.15, 0.2) is 5.78 Å². The summed E-state index contributed by atoms with van der Waals surface area (Å²) in [7, 11) is 0. The van der Waals surface area contributed by atoms with Crippen LogP contribution in [0.4, 0.5) is 11.4 Å². The number of hydrogen-bond donors (Lipinski definition) is 0. The molecule has 1 aromatic carbocycles. The maximum Gasteiger partial charge on any atom is 0.353 e. The van der Waals surface area contributed by atoms with Gasteiger partial charge in [-0.15, -0.1) is 0 Å². The Balaban J connectivity index is 2.33. The zero-order chi connectivity index (χ0) is 14.4. The Morgan fingerprint density at radius 1 is 0.950 bits per heavy atom. The number of allylic oxidation sites excluding steroid dienone is 5. The predicted octanol–water partition coefficient (Wildman–Crippen LogP) is 2.42. The van der Waals surface area contributed by atoms with E-state index in [1.807, 2.05) is 0 Å². The molecule has 2 aliphatic rings. The maximum atomic E-state index is 11.4. The molecule has 0 radical (unpaired) electrons. The summed E-state index contributed by atoms with van der Waals surface area (Å²) in [5.74, 6) is -0.217. The molecule has 0 unspecified atom stereocenters. The van der Waals surface area contributed by atoms with Crippen LogP contribution in [0.3, 0.4) is 0 Å². The lowest BCUT2D eigenvalue weighted by molar-refractivity contribution is -0.422. The van der Waals surface area contributed by atoms with Gasteiger partial charge in [0.1, 0.15) is 0 Å². The van der Waals surface area contributed by atoms with E-state index in [4.69, 9.17) is 0 Å². The largest absolute Gasteiger partial charge is 0.353 e. The molecular weight excluding hydrogens is 264 g/mol. The molecule has 0 fully saturated rings. The molecule has 20 heavy (non-hydrogen) atoms. The van der Waals surface area contributed by atoms with Crippen LogP contribution >= 0.6 is 0 Å². The van der Waals surface area contributed by atoms with Crippen molar-refractivity contribution in [2.24, 2.45) is 0 Å². The number of nitro groups is 2. The number of hydrogen-bond acceptors (Lipinski definition) is 5. The highest BCUT2D eigenvalue weighted by Gasteiger charge is 2.34. The van der Waals surface area contributed by atoms with Gasteiger partial charge in [0.2, 0.25) is 0 Å². The van der Waals surface area contributed by atoms with Gasteiger partial charge in [-0.05, 0) is 41.0 Å². The van der Waals surface area contributed by atoms with Crippen molar-refractivity contribution in [3.05, 3.63) is 67.3 Å².